The maximum atomic E-state index is 11.6. The minimum atomic E-state index is 0.215. The second kappa shape index (κ2) is 6.25. The highest BCUT2D eigenvalue weighted by molar-refractivity contribution is 6.17. The number of piperidine rings is 1. The highest BCUT2D eigenvalue weighted by Gasteiger charge is 2.22. The fourth-order valence-electron chi connectivity index (χ4n) is 1.73. The van der Waals surface area contributed by atoms with Crippen LogP contribution in [-0.2, 0) is 9.53 Å². The molecule has 14 heavy (non-hydrogen) atoms. The Bertz CT molecular complexity index is 187. The largest absolute Gasteiger partial charge is 0.380 e. The Labute approximate surface area is 90.4 Å². The van der Waals surface area contributed by atoms with Crippen LogP contribution in [0, 0.1) is 0 Å². The quantitative estimate of drug-likeness (QED) is 0.673. The molecule has 1 fully saturated rings. The molecule has 0 aliphatic carbocycles. The molecule has 1 unspecified atom stereocenters. The summed E-state index contributed by atoms with van der Waals surface area (Å²) in [5.41, 5.74) is 0. The molecule has 1 atom stereocenters. The van der Waals surface area contributed by atoms with E-state index < -0.39 is 0 Å². The number of nitrogens with zero attached hydrogens (tertiary/aromatic N) is 1. The molecule has 0 aromatic carbocycles. The molecule has 1 aliphatic heterocycles. The predicted octanol–water partition coefficient (Wildman–Crippen LogP) is 1.64. The number of carbonyl (C=O) groups is 1. The van der Waals surface area contributed by atoms with E-state index in [1.54, 1.807) is 7.11 Å². The monoisotopic (exact) mass is 219 g/mol. The van der Waals surface area contributed by atoms with Gasteiger partial charge in [0.05, 0.1) is 6.10 Å². The van der Waals surface area contributed by atoms with Crippen molar-refractivity contribution in [1.29, 1.82) is 0 Å². The number of rotatable bonds is 4. The standard InChI is InChI=1S/C10H18ClNO2/c1-14-9-4-3-7-12(8-9)10(13)5-2-6-11/h9H,2-8H2,1H3. The van der Waals surface area contributed by atoms with Crippen LogP contribution in [0.1, 0.15) is 25.7 Å². The van der Waals surface area contributed by atoms with Gasteiger partial charge in [0.2, 0.25) is 5.91 Å². The van der Waals surface area contributed by atoms with E-state index in [1.807, 2.05) is 4.90 Å². The summed E-state index contributed by atoms with van der Waals surface area (Å²) in [6, 6.07) is 0. The minimum absolute atomic E-state index is 0.215. The van der Waals surface area contributed by atoms with E-state index >= 15 is 0 Å². The molecule has 0 aromatic rings. The molecular formula is C10H18ClNO2. The van der Waals surface area contributed by atoms with Crippen LogP contribution < -0.4 is 0 Å². The van der Waals surface area contributed by atoms with E-state index in [0.717, 1.165) is 32.4 Å². The van der Waals surface area contributed by atoms with Crippen molar-refractivity contribution in [2.24, 2.45) is 0 Å². The lowest BCUT2D eigenvalue weighted by molar-refractivity contribution is -0.134. The van der Waals surface area contributed by atoms with E-state index in [0.29, 0.717) is 12.3 Å². The van der Waals surface area contributed by atoms with Gasteiger partial charge in [-0.05, 0) is 19.3 Å². The lowest BCUT2D eigenvalue weighted by Crippen LogP contribution is -2.42. The first kappa shape index (κ1) is 11.8. The minimum Gasteiger partial charge on any atom is -0.380 e. The number of hydrogen-bond acceptors (Lipinski definition) is 2. The van der Waals surface area contributed by atoms with Crippen molar-refractivity contribution in [1.82, 2.24) is 4.90 Å². The average Bonchev–Trinajstić information content (AvgIpc) is 2.26. The summed E-state index contributed by atoms with van der Waals surface area (Å²) in [5.74, 6) is 0.778. The smallest absolute Gasteiger partial charge is 0.222 e. The van der Waals surface area contributed by atoms with Gasteiger partial charge in [0.25, 0.3) is 0 Å². The van der Waals surface area contributed by atoms with Crippen molar-refractivity contribution >= 4 is 17.5 Å². The van der Waals surface area contributed by atoms with Gasteiger partial charge in [-0.2, -0.15) is 0 Å². The highest BCUT2D eigenvalue weighted by atomic mass is 35.5. The van der Waals surface area contributed by atoms with Gasteiger partial charge in [0.15, 0.2) is 0 Å². The Morgan fingerprint density at radius 2 is 2.43 bits per heavy atom. The van der Waals surface area contributed by atoms with Crippen LogP contribution in [0.3, 0.4) is 0 Å². The number of hydrogen-bond donors (Lipinski definition) is 0. The Kier molecular flexibility index (Phi) is 5.26. The molecule has 0 radical (unpaired) electrons. The molecular weight excluding hydrogens is 202 g/mol. The zero-order chi connectivity index (χ0) is 10.4. The van der Waals surface area contributed by atoms with Gasteiger partial charge in [-0.15, -0.1) is 11.6 Å². The summed E-state index contributed by atoms with van der Waals surface area (Å²) in [7, 11) is 1.71. The van der Waals surface area contributed by atoms with E-state index in [9.17, 15) is 4.79 Å². The van der Waals surface area contributed by atoms with E-state index in [-0.39, 0.29) is 12.0 Å². The molecule has 1 amide bonds. The third kappa shape index (κ3) is 3.46. The molecule has 0 spiro atoms. The first-order valence-electron chi connectivity index (χ1n) is 5.14. The molecule has 1 heterocycles. The summed E-state index contributed by atoms with van der Waals surface area (Å²) < 4.78 is 5.26. The lowest BCUT2D eigenvalue weighted by Gasteiger charge is -2.32. The number of likely N-dealkylation sites (tertiary alicyclic amines) is 1. The van der Waals surface area contributed by atoms with Gasteiger partial charge in [-0.3, -0.25) is 4.79 Å². The Morgan fingerprint density at radius 1 is 1.64 bits per heavy atom. The highest BCUT2D eigenvalue weighted by Crippen LogP contribution is 2.13. The lowest BCUT2D eigenvalue weighted by atomic mass is 10.1. The number of carbonyl (C=O) groups excluding carboxylic acids is 1. The number of amides is 1. The second-order valence-electron chi connectivity index (χ2n) is 3.63. The maximum absolute atomic E-state index is 11.6. The third-order valence-corrected chi connectivity index (χ3v) is 2.86. The molecule has 82 valence electrons. The zero-order valence-corrected chi connectivity index (χ0v) is 9.42. The van der Waals surface area contributed by atoms with Crippen molar-refractivity contribution in [2.45, 2.75) is 31.8 Å². The average molecular weight is 220 g/mol. The molecule has 1 saturated heterocycles. The van der Waals surface area contributed by atoms with Crippen LogP contribution in [0.15, 0.2) is 0 Å². The molecule has 1 aliphatic rings. The van der Waals surface area contributed by atoms with E-state index in [2.05, 4.69) is 0 Å². The van der Waals surface area contributed by atoms with Crippen LogP contribution in [0.5, 0.6) is 0 Å². The second-order valence-corrected chi connectivity index (χ2v) is 4.01. The van der Waals surface area contributed by atoms with Gasteiger partial charge >= 0.3 is 0 Å². The van der Waals surface area contributed by atoms with Gasteiger partial charge in [-0.1, -0.05) is 0 Å². The van der Waals surface area contributed by atoms with E-state index in [1.165, 1.54) is 0 Å². The van der Waals surface area contributed by atoms with Crippen LogP contribution in [0.4, 0.5) is 0 Å². The summed E-state index contributed by atoms with van der Waals surface area (Å²) in [6.07, 6.45) is 3.68. The fourth-order valence-corrected chi connectivity index (χ4v) is 1.87. The van der Waals surface area contributed by atoms with Gasteiger partial charge < -0.3 is 9.64 Å². The Balaban J connectivity index is 2.31. The van der Waals surface area contributed by atoms with Gasteiger partial charge in [0.1, 0.15) is 0 Å². The molecule has 3 nitrogen and oxygen atoms in total. The van der Waals surface area contributed by atoms with Crippen molar-refractivity contribution in [2.75, 3.05) is 26.1 Å². The third-order valence-electron chi connectivity index (χ3n) is 2.59. The van der Waals surface area contributed by atoms with Crippen molar-refractivity contribution in [3.8, 4) is 0 Å². The van der Waals surface area contributed by atoms with Crippen molar-refractivity contribution < 1.29 is 9.53 Å². The summed E-state index contributed by atoms with van der Waals surface area (Å²) in [6.45, 7) is 1.62. The Morgan fingerprint density at radius 3 is 3.07 bits per heavy atom. The number of halogens is 1. The summed E-state index contributed by atoms with van der Waals surface area (Å²) in [4.78, 5) is 13.5. The maximum Gasteiger partial charge on any atom is 0.222 e. The number of alkyl halides is 1. The molecule has 0 bridgehead atoms. The molecule has 0 aromatic heterocycles. The molecule has 0 N–H and O–H groups in total. The van der Waals surface area contributed by atoms with Crippen LogP contribution >= 0.6 is 11.6 Å². The number of methoxy groups -OCH3 is 1. The van der Waals surface area contributed by atoms with Crippen LogP contribution in [-0.4, -0.2) is 43.0 Å². The first-order chi connectivity index (χ1) is 6.77. The van der Waals surface area contributed by atoms with Crippen LogP contribution in [0.25, 0.3) is 0 Å². The first-order valence-corrected chi connectivity index (χ1v) is 5.68. The molecule has 0 saturated carbocycles. The van der Waals surface area contributed by atoms with Crippen molar-refractivity contribution in [3.63, 3.8) is 0 Å². The Hall–Kier alpha value is -0.280. The van der Waals surface area contributed by atoms with Crippen molar-refractivity contribution in [3.05, 3.63) is 0 Å². The normalized spacial score (nSPS) is 22.4. The molecule has 1 rings (SSSR count). The fraction of sp³-hybridized carbons (Fsp3) is 0.900. The van der Waals surface area contributed by atoms with E-state index in [4.69, 9.17) is 16.3 Å². The van der Waals surface area contributed by atoms with Crippen LogP contribution in [0.2, 0.25) is 0 Å². The predicted molar refractivity (Wildman–Crippen MR) is 56.6 cm³/mol. The topological polar surface area (TPSA) is 29.5 Å². The summed E-state index contributed by atoms with van der Waals surface area (Å²) in [5, 5.41) is 0. The SMILES string of the molecule is COC1CCCN(C(=O)CCCCl)C1. The number of ether oxygens (including phenoxy) is 1. The molecule has 4 heteroatoms. The zero-order valence-electron chi connectivity index (χ0n) is 8.67. The summed E-state index contributed by atoms with van der Waals surface area (Å²) >= 11 is 5.55. The van der Waals surface area contributed by atoms with Gasteiger partial charge in [0, 0.05) is 32.5 Å². The van der Waals surface area contributed by atoms with Gasteiger partial charge in [-0.25, -0.2) is 0 Å².